The Hall–Kier alpha value is -3.15. The van der Waals surface area contributed by atoms with E-state index in [4.69, 9.17) is 4.74 Å². The SMILES string of the molecule is Cc1ccc2c(c1)N(CCCN1C(=O)c3ccccc3C1=O)C(=O)CO2. The van der Waals surface area contributed by atoms with Crippen LogP contribution in [0.2, 0.25) is 0 Å². The number of carbonyl (C=O) groups is 3. The zero-order valence-electron chi connectivity index (χ0n) is 14.4. The summed E-state index contributed by atoms with van der Waals surface area (Å²) in [7, 11) is 0. The summed E-state index contributed by atoms with van der Waals surface area (Å²) in [6, 6.07) is 12.5. The fourth-order valence-corrected chi connectivity index (χ4v) is 3.39. The highest BCUT2D eigenvalue weighted by Crippen LogP contribution is 2.33. The molecule has 0 fully saturated rings. The minimum atomic E-state index is -0.268. The van der Waals surface area contributed by atoms with Crippen LogP contribution in [-0.4, -0.2) is 42.3 Å². The molecule has 2 aromatic rings. The Morgan fingerprint density at radius 1 is 0.923 bits per heavy atom. The average Bonchev–Trinajstić information content (AvgIpc) is 2.88. The van der Waals surface area contributed by atoms with Gasteiger partial charge in [-0.2, -0.15) is 0 Å². The van der Waals surface area contributed by atoms with Crippen molar-refractivity contribution in [3.63, 3.8) is 0 Å². The van der Waals surface area contributed by atoms with E-state index in [2.05, 4.69) is 0 Å². The summed E-state index contributed by atoms with van der Waals surface area (Å²) in [5.74, 6) is 0.0201. The highest BCUT2D eigenvalue weighted by atomic mass is 16.5. The van der Waals surface area contributed by atoms with Crippen molar-refractivity contribution in [3.05, 3.63) is 59.2 Å². The van der Waals surface area contributed by atoms with Crippen LogP contribution in [0.3, 0.4) is 0 Å². The molecule has 0 aromatic heterocycles. The Morgan fingerprint density at radius 3 is 2.27 bits per heavy atom. The molecule has 0 aliphatic carbocycles. The minimum absolute atomic E-state index is 0.00305. The zero-order valence-corrected chi connectivity index (χ0v) is 14.4. The Balaban J connectivity index is 1.46. The molecule has 6 heteroatoms. The number of carbonyl (C=O) groups excluding carboxylic acids is 3. The van der Waals surface area contributed by atoms with Crippen LogP contribution in [0.5, 0.6) is 5.75 Å². The minimum Gasteiger partial charge on any atom is -0.482 e. The third kappa shape index (κ3) is 2.63. The Labute approximate surface area is 151 Å². The van der Waals surface area contributed by atoms with Gasteiger partial charge >= 0.3 is 0 Å². The number of rotatable bonds is 4. The molecule has 4 rings (SSSR count). The van der Waals surface area contributed by atoms with E-state index < -0.39 is 0 Å². The number of amides is 3. The van der Waals surface area contributed by atoms with E-state index in [1.807, 2.05) is 25.1 Å². The molecule has 0 unspecified atom stereocenters. The molecule has 0 atom stereocenters. The zero-order chi connectivity index (χ0) is 18.3. The van der Waals surface area contributed by atoms with Crippen LogP contribution < -0.4 is 9.64 Å². The van der Waals surface area contributed by atoms with Crippen LogP contribution in [0.25, 0.3) is 0 Å². The maximum Gasteiger partial charge on any atom is 0.265 e. The molecular formula is C20H18N2O4. The summed E-state index contributed by atoms with van der Waals surface area (Å²) in [5, 5.41) is 0. The number of anilines is 1. The number of nitrogens with zero attached hydrogens (tertiary/aromatic N) is 2. The molecule has 0 radical (unpaired) electrons. The molecule has 0 spiro atoms. The van der Waals surface area contributed by atoms with Crippen LogP contribution >= 0.6 is 0 Å². The Kier molecular flexibility index (Phi) is 3.95. The number of imide groups is 1. The highest BCUT2D eigenvalue weighted by Gasteiger charge is 2.35. The molecule has 2 aliphatic rings. The number of fused-ring (bicyclic) bond motifs is 2. The third-order valence-corrected chi connectivity index (χ3v) is 4.70. The topological polar surface area (TPSA) is 66.9 Å². The quantitative estimate of drug-likeness (QED) is 0.794. The van der Waals surface area contributed by atoms with Gasteiger partial charge in [-0.1, -0.05) is 18.2 Å². The van der Waals surface area contributed by atoms with Gasteiger partial charge in [-0.3, -0.25) is 19.3 Å². The second-order valence-corrected chi connectivity index (χ2v) is 6.47. The predicted molar refractivity (Wildman–Crippen MR) is 95.5 cm³/mol. The summed E-state index contributed by atoms with van der Waals surface area (Å²) in [4.78, 5) is 40.0. The van der Waals surface area contributed by atoms with E-state index in [1.54, 1.807) is 29.2 Å². The monoisotopic (exact) mass is 350 g/mol. The second-order valence-electron chi connectivity index (χ2n) is 6.47. The fourth-order valence-electron chi connectivity index (χ4n) is 3.39. The number of benzene rings is 2. The Bertz CT molecular complexity index is 887. The number of aryl methyl sites for hydroxylation is 1. The van der Waals surface area contributed by atoms with Gasteiger partial charge in [0, 0.05) is 13.1 Å². The first kappa shape index (κ1) is 16.3. The van der Waals surface area contributed by atoms with Gasteiger partial charge in [0.25, 0.3) is 17.7 Å². The van der Waals surface area contributed by atoms with Crippen LogP contribution in [-0.2, 0) is 4.79 Å². The van der Waals surface area contributed by atoms with E-state index in [1.165, 1.54) is 4.90 Å². The first-order valence-corrected chi connectivity index (χ1v) is 8.55. The molecule has 0 N–H and O–H groups in total. The smallest absolute Gasteiger partial charge is 0.265 e. The fraction of sp³-hybridized carbons (Fsp3) is 0.250. The van der Waals surface area contributed by atoms with Crippen molar-refractivity contribution in [2.45, 2.75) is 13.3 Å². The van der Waals surface area contributed by atoms with Crippen LogP contribution in [0, 0.1) is 6.92 Å². The highest BCUT2D eigenvalue weighted by molar-refractivity contribution is 6.21. The van der Waals surface area contributed by atoms with E-state index in [9.17, 15) is 14.4 Å². The third-order valence-electron chi connectivity index (χ3n) is 4.70. The van der Waals surface area contributed by atoms with Gasteiger partial charge in [-0.25, -0.2) is 0 Å². The van der Waals surface area contributed by atoms with Crippen molar-refractivity contribution in [3.8, 4) is 5.75 Å². The van der Waals surface area contributed by atoms with Crippen LogP contribution in [0.4, 0.5) is 5.69 Å². The van der Waals surface area contributed by atoms with Gasteiger partial charge < -0.3 is 9.64 Å². The molecular weight excluding hydrogens is 332 g/mol. The molecule has 3 amide bonds. The summed E-state index contributed by atoms with van der Waals surface area (Å²) < 4.78 is 5.47. The molecule has 0 saturated heterocycles. The van der Waals surface area contributed by atoms with Gasteiger partial charge in [0.05, 0.1) is 16.8 Å². The Morgan fingerprint density at radius 2 is 1.58 bits per heavy atom. The van der Waals surface area contributed by atoms with E-state index >= 15 is 0 Å². The molecule has 0 bridgehead atoms. The molecule has 26 heavy (non-hydrogen) atoms. The van der Waals surface area contributed by atoms with Crippen LogP contribution in [0.1, 0.15) is 32.7 Å². The van der Waals surface area contributed by atoms with Crippen LogP contribution in [0.15, 0.2) is 42.5 Å². The molecule has 6 nitrogen and oxygen atoms in total. The largest absolute Gasteiger partial charge is 0.482 e. The summed E-state index contributed by atoms with van der Waals surface area (Å²) in [5.41, 5.74) is 2.66. The predicted octanol–water partition coefficient (Wildman–Crippen LogP) is 2.41. The lowest BCUT2D eigenvalue weighted by atomic mass is 10.1. The second kappa shape index (κ2) is 6.29. The lowest BCUT2D eigenvalue weighted by molar-refractivity contribution is -0.121. The van der Waals surface area contributed by atoms with Crippen molar-refractivity contribution >= 4 is 23.4 Å². The lowest BCUT2D eigenvalue weighted by Crippen LogP contribution is -2.41. The van der Waals surface area contributed by atoms with Crippen molar-refractivity contribution in [1.29, 1.82) is 0 Å². The van der Waals surface area contributed by atoms with Crippen molar-refractivity contribution < 1.29 is 19.1 Å². The van der Waals surface area contributed by atoms with Gasteiger partial charge in [-0.05, 0) is 43.2 Å². The molecule has 0 saturated carbocycles. The standard InChI is InChI=1S/C20H18N2O4/c1-13-7-8-17-16(11-13)21(18(23)12-26-17)9-4-10-22-19(24)14-5-2-3-6-15(14)20(22)25/h2-3,5-8,11H,4,9-10,12H2,1H3. The number of ether oxygens (including phenoxy) is 1. The van der Waals surface area contributed by atoms with Gasteiger partial charge in [0.2, 0.25) is 0 Å². The summed E-state index contributed by atoms with van der Waals surface area (Å²) in [6.07, 6.45) is 0.505. The van der Waals surface area contributed by atoms with E-state index in [0.717, 1.165) is 11.3 Å². The van der Waals surface area contributed by atoms with Gasteiger partial charge in [0.15, 0.2) is 6.61 Å². The van der Waals surface area contributed by atoms with E-state index in [-0.39, 0.29) is 30.9 Å². The van der Waals surface area contributed by atoms with Crippen molar-refractivity contribution in [2.24, 2.45) is 0 Å². The molecule has 2 aromatic carbocycles. The van der Waals surface area contributed by atoms with Gasteiger partial charge in [0.1, 0.15) is 5.75 Å². The van der Waals surface area contributed by atoms with E-state index in [0.29, 0.717) is 29.8 Å². The average molecular weight is 350 g/mol. The first-order chi connectivity index (χ1) is 12.6. The van der Waals surface area contributed by atoms with Crippen molar-refractivity contribution in [2.75, 3.05) is 24.6 Å². The number of hydrogen-bond acceptors (Lipinski definition) is 4. The lowest BCUT2D eigenvalue weighted by Gasteiger charge is -2.30. The molecule has 2 aliphatic heterocycles. The normalized spacial score (nSPS) is 15.8. The number of hydrogen-bond donors (Lipinski definition) is 0. The van der Waals surface area contributed by atoms with Crippen molar-refractivity contribution in [1.82, 2.24) is 4.90 Å². The first-order valence-electron chi connectivity index (χ1n) is 8.55. The molecule has 132 valence electrons. The summed E-state index contributed by atoms with van der Waals surface area (Å²) in [6.45, 7) is 2.66. The molecule has 2 heterocycles. The maximum atomic E-state index is 12.4. The van der Waals surface area contributed by atoms with Gasteiger partial charge in [-0.15, -0.1) is 0 Å². The summed E-state index contributed by atoms with van der Waals surface area (Å²) >= 11 is 0. The maximum absolute atomic E-state index is 12.4.